The molecule has 1 N–H and O–H groups in total. The first-order valence-corrected chi connectivity index (χ1v) is 5.40. The maximum absolute atomic E-state index is 10.3. The van der Waals surface area contributed by atoms with Gasteiger partial charge in [-0.05, 0) is 31.1 Å². The molecule has 0 heterocycles. The Morgan fingerprint density at radius 3 is 2.85 bits per heavy atom. The van der Waals surface area contributed by atoms with Crippen molar-refractivity contribution < 1.29 is 9.90 Å². The van der Waals surface area contributed by atoms with Crippen LogP contribution in [0.5, 0.6) is 0 Å². The fourth-order valence-electron chi connectivity index (χ4n) is 2.36. The van der Waals surface area contributed by atoms with Crippen molar-refractivity contribution in [2.45, 2.75) is 51.9 Å². The van der Waals surface area contributed by atoms with E-state index in [4.69, 9.17) is 5.11 Å². The summed E-state index contributed by atoms with van der Waals surface area (Å²) in [5.74, 6) is 1.02. The minimum Gasteiger partial charge on any atom is -0.481 e. The molecule has 0 saturated heterocycles. The van der Waals surface area contributed by atoms with E-state index in [1.165, 1.54) is 25.7 Å². The van der Waals surface area contributed by atoms with Crippen molar-refractivity contribution in [2.75, 3.05) is 0 Å². The van der Waals surface area contributed by atoms with E-state index in [-0.39, 0.29) is 0 Å². The zero-order valence-corrected chi connectivity index (χ0v) is 8.46. The lowest BCUT2D eigenvalue weighted by molar-refractivity contribution is -0.137. The molecule has 0 aromatic carbocycles. The normalized spacial score (nSPS) is 28.7. The van der Waals surface area contributed by atoms with Gasteiger partial charge in [-0.15, -0.1) is 0 Å². The highest BCUT2D eigenvalue weighted by molar-refractivity contribution is 5.66. The third-order valence-corrected chi connectivity index (χ3v) is 3.05. The SMILES string of the molecule is CC1CCCC(CCCC(=O)O)C1. The van der Waals surface area contributed by atoms with Gasteiger partial charge in [0.15, 0.2) is 0 Å². The van der Waals surface area contributed by atoms with Gasteiger partial charge >= 0.3 is 5.97 Å². The van der Waals surface area contributed by atoms with E-state index >= 15 is 0 Å². The first kappa shape index (κ1) is 10.6. The molecule has 0 aliphatic heterocycles. The molecule has 13 heavy (non-hydrogen) atoms. The van der Waals surface area contributed by atoms with Crippen LogP contribution < -0.4 is 0 Å². The van der Waals surface area contributed by atoms with Gasteiger partial charge in [0, 0.05) is 6.42 Å². The summed E-state index contributed by atoms with van der Waals surface area (Å²) < 4.78 is 0. The standard InChI is InChI=1S/C11H20O2/c1-9-4-2-5-10(8-9)6-3-7-11(12)13/h9-10H,2-8H2,1H3,(H,12,13). The van der Waals surface area contributed by atoms with E-state index in [1.807, 2.05) is 0 Å². The van der Waals surface area contributed by atoms with Gasteiger partial charge in [-0.2, -0.15) is 0 Å². The van der Waals surface area contributed by atoms with Gasteiger partial charge in [-0.1, -0.05) is 26.2 Å². The van der Waals surface area contributed by atoms with Crippen LogP contribution >= 0.6 is 0 Å². The molecule has 1 fully saturated rings. The lowest BCUT2D eigenvalue weighted by Gasteiger charge is -2.26. The topological polar surface area (TPSA) is 37.3 Å². The zero-order valence-electron chi connectivity index (χ0n) is 8.46. The van der Waals surface area contributed by atoms with Crippen LogP contribution in [0.25, 0.3) is 0 Å². The number of aliphatic carboxylic acids is 1. The summed E-state index contributed by atoms with van der Waals surface area (Å²) in [4.78, 5) is 10.3. The van der Waals surface area contributed by atoms with Crippen LogP contribution in [-0.4, -0.2) is 11.1 Å². The Hall–Kier alpha value is -0.530. The monoisotopic (exact) mass is 184 g/mol. The number of carbonyl (C=O) groups is 1. The Morgan fingerprint density at radius 2 is 2.23 bits per heavy atom. The van der Waals surface area contributed by atoms with E-state index in [1.54, 1.807) is 0 Å². The first-order valence-electron chi connectivity index (χ1n) is 5.40. The van der Waals surface area contributed by atoms with Crippen molar-refractivity contribution in [1.82, 2.24) is 0 Å². The zero-order chi connectivity index (χ0) is 9.68. The number of carboxylic acids is 1. The molecule has 2 unspecified atom stereocenters. The van der Waals surface area contributed by atoms with Gasteiger partial charge in [-0.25, -0.2) is 0 Å². The molecule has 2 atom stereocenters. The number of rotatable bonds is 4. The second kappa shape index (κ2) is 5.25. The van der Waals surface area contributed by atoms with Crippen LogP contribution in [0.4, 0.5) is 0 Å². The molecule has 0 bridgehead atoms. The highest BCUT2D eigenvalue weighted by Gasteiger charge is 2.18. The van der Waals surface area contributed by atoms with E-state index in [2.05, 4.69) is 6.92 Å². The summed E-state index contributed by atoms with van der Waals surface area (Å²) in [6.45, 7) is 2.31. The summed E-state index contributed by atoms with van der Waals surface area (Å²) >= 11 is 0. The third-order valence-electron chi connectivity index (χ3n) is 3.05. The third kappa shape index (κ3) is 4.30. The second-order valence-electron chi connectivity index (χ2n) is 4.42. The highest BCUT2D eigenvalue weighted by Crippen LogP contribution is 2.31. The summed E-state index contributed by atoms with van der Waals surface area (Å²) in [5, 5.41) is 8.49. The molecule has 76 valence electrons. The summed E-state index contributed by atoms with van der Waals surface area (Å²) in [6, 6.07) is 0. The van der Waals surface area contributed by atoms with Gasteiger partial charge < -0.3 is 5.11 Å². The maximum atomic E-state index is 10.3. The molecule has 1 rings (SSSR count). The summed E-state index contributed by atoms with van der Waals surface area (Å²) in [6.07, 6.45) is 7.70. The Labute approximate surface area is 80.3 Å². The van der Waals surface area contributed by atoms with Crippen molar-refractivity contribution in [2.24, 2.45) is 11.8 Å². The molecule has 1 aliphatic carbocycles. The van der Waals surface area contributed by atoms with Crippen LogP contribution in [0, 0.1) is 11.8 Å². The molecule has 0 aromatic heterocycles. The van der Waals surface area contributed by atoms with Crippen LogP contribution in [0.15, 0.2) is 0 Å². The molecule has 2 nitrogen and oxygen atoms in total. The average Bonchev–Trinajstić information content (AvgIpc) is 2.03. The van der Waals surface area contributed by atoms with Crippen molar-refractivity contribution in [3.63, 3.8) is 0 Å². The predicted molar refractivity (Wildman–Crippen MR) is 52.6 cm³/mol. The molecule has 1 aliphatic rings. The fraction of sp³-hybridized carbons (Fsp3) is 0.909. The lowest BCUT2D eigenvalue weighted by Crippen LogP contribution is -2.13. The summed E-state index contributed by atoms with van der Waals surface area (Å²) in [7, 11) is 0. The molecule has 1 saturated carbocycles. The van der Waals surface area contributed by atoms with Crippen molar-refractivity contribution >= 4 is 5.97 Å². The van der Waals surface area contributed by atoms with Crippen molar-refractivity contribution in [3.8, 4) is 0 Å². The van der Waals surface area contributed by atoms with Crippen molar-refractivity contribution in [3.05, 3.63) is 0 Å². The Balaban J connectivity index is 2.10. The molecule has 0 radical (unpaired) electrons. The maximum Gasteiger partial charge on any atom is 0.303 e. The van der Waals surface area contributed by atoms with Gasteiger partial charge in [-0.3, -0.25) is 4.79 Å². The number of hydrogen-bond acceptors (Lipinski definition) is 1. The largest absolute Gasteiger partial charge is 0.481 e. The quantitative estimate of drug-likeness (QED) is 0.729. The number of hydrogen-bond donors (Lipinski definition) is 1. The lowest BCUT2D eigenvalue weighted by atomic mass is 9.80. The Morgan fingerprint density at radius 1 is 1.46 bits per heavy atom. The smallest absolute Gasteiger partial charge is 0.303 e. The van der Waals surface area contributed by atoms with E-state index in [9.17, 15) is 4.79 Å². The van der Waals surface area contributed by atoms with Gasteiger partial charge in [0.25, 0.3) is 0 Å². The fourth-order valence-corrected chi connectivity index (χ4v) is 2.36. The first-order chi connectivity index (χ1) is 6.18. The van der Waals surface area contributed by atoms with Crippen LogP contribution in [0.2, 0.25) is 0 Å². The van der Waals surface area contributed by atoms with Gasteiger partial charge in [0.2, 0.25) is 0 Å². The molecule has 0 amide bonds. The molecule has 0 aromatic rings. The molecular formula is C11H20O2. The Kier molecular flexibility index (Phi) is 4.26. The van der Waals surface area contributed by atoms with Gasteiger partial charge in [0.1, 0.15) is 0 Å². The van der Waals surface area contributed by atoms with E-state index < -0.39 is 5.97 Å². The Bertz CT molecular complexity index is 165. The second-order valence-corrected chi connectivity index (χ2v) is 4.42. The molecule has 2 heteroatoms. The van der Waals surface area contributed by atoms with Crippen LogP contribution in [-0.2, 0) is 4.79 Å². The number of carboxylic acid groups (broad SMARTS) is 1. The average molecular weight is 184 g/mol. The molecule has 0 spiro atoms. The summed E-state index contributed by atoms with van der Waals surface area (Å²) in [5.41, 5.74) is 0. The highest BCUT2D eigenvalue weighted by atomic mass is 16.4. The van der Waals surface area contributed by atoms with E-state index in [0.29, 0.717) is 6.42 Å². The molecular weight excluding hydrogens is 164 g/mol. The van der Waals surface area contributed by atoms with Crippen LogP contribution in [0.3, 0.4) is 0 Å². The minimum absolute atomic E-state index is 0.352. The minimum atomic E-state index is -0.649. The van der Waals surface area contributed by atoms with Crippen molar-refractivity contribution in [1.29, 1.82) is 0 Å². The predicted octanol–water partition coefficient (Wildman–Crippen LogP) is 3.07. The van der Waals surface area contributed by atoms with E-state index in [0.717, 1.165) is 24.7 Å². The van der Waals surface area contributed by atoms with Crippen LogP contribution in [0.1, 0.15) is 51.9 Å². The van der Waals surface area contributed by atoms with Gasteiger partial charge in [0.05, 0.1) is 0 Å².